The number of fused-ring (bicyclic) bond motifs is 1. The highest BCUT2D eigenvalue weighted by Gasteiger charge is 2.22. The van der Waals surface area contributed by atoms with Crippen molar-refractivity contribution in [2.75, 3.05) is 36.5 Å². The number of hydrogen-bond acceptors (Lipinski definition) is 8. The SMILES string of the molecule is c1ccc2sc(NC[C@@H]3CN(c4nncs4)CCO3)nc2c1. The number of aromatic nitrogens is 3. The Hall–Kier alpha value is -1.77. The van der Waals surface area contributed by atoms with Crippen LogP contribution in [0.3, 0.4) is 0 Å². The predicted molar refractivity (Wildman–Crippen MR) is 90.0 cm³/mol. The number of benzene rings is 1. The summed E-state index contributed by atoms with van der Waals surface area (Å²) in [6, 6.07) is 8.17. The summed E-state index contributed by atoms with van der Waals surface area (Å²) in [4.78, 5) is 6.81. The molecule has 114 valence electrons. The van der Waals surface area contributed by atoms with Crippen molar-refractivity contribution in [3.8, 4) is 0 Å². The summed E-state index contributed by atoms with van der Waals surface area (Å²) in [6.45, 7) is 3.15. The fourth-order valence-electron chi connectivity index (χ4n) is 2.47. The zero-order valence-corrected chi connectivity index (χ0v) is 13.4. The van der Waals surface area contributed by atoms with Gasteiger partial charge in [-0.15, -0.1) is 10.2 Å². The number of thiazole rings is 1. The standard InChI is InChI=1S/C14H15N5OS2/c1-2-4-12-11(3-1)17-13(22-12)15-7-10-8-19(5-6-20-10)14-18-16-9-21-14/h1-4,9-10H,5-8H2,(H,15,17)/t10-/m1/s1. The molecule has 4 rings (SSSR count). The maximum Gasteiger partial charge on any atom is 0.208 e. The van der Waals surface area contributed by atoms with Crippen LogP contribution in [0.15, 0.2) is 29.8 Å². The largest absolute Gasteiger partial charge is 0.373 e. The first-order valence-corrected chi connectivity index (χ1v) is 8.80. The minimum Gasteiger partial charge on any atom is -0.373 e. The van der Waals surface area contributed by atoms with Crippen molar-refractivity contribution in [1.82, 2.24) is 15.2 Å². The number of ether oxygens (including phenoxy) is 1. The third-order valence-electron chi connectivity index (χ3n) is 3.53. The molecule has 1 atom stereocenters. The van der Waals surface area contributed by atoms with Crippen molar-refractivity contribution >= 4 is 43.2 Å². The molecule has 0 amide bonds. The summed E-state index contributed by atoms with van der Waals surface area (Å²) in [5.41, 5.74) is 2.80. The minimum atomic E-state index is 0.129. The normalized spacial score (nSPS) is 18.7. The highest BCUT2D eigenvalue weighted by molar-refractivity contribution is 7.22. The Morgan fingerprint density at radius 3 is 3.18 bits per heavy atom. The second-order valence-electron chi connectivity index (χ2n) is 5.03. The van der Waals surface area contributed by atoms with Gasteiger partial charge in [0.25, 0.3) is 0 Å². The molecule has 0 radical (unpaired) electrons. The van der Waals surface area contributed by atoms with E-state index in [0.29, 0.717) is 6.61 Å². The lowest BCUT2D eigenvalue weighted by molar-refractivity contribution is 0.0492. The monoisotopic (exact) mass is 333 g/mol. The molecule has 0 unspecified atom stereocenters. The molecule has 1 aromatic carbocycles. The molecule has 1 fully saturated rings. The van der Waals surface area contributed by atoms with Crippen LogP contribution in [0.1, 0.15) is 0 Å². The van der Waals surface area contributed by atoms with E-state index in [1.807, 2.05) is 18.2 Å². The molecule has 8 heteroatoms. The molecule has 0 aliphatic carbocycles. The summed E-state index contributed by atoms with van der Waals surface area (Å²) >= 11 is 3.24. The first kappa shape index (κ1) is 13.9. The average molecular weight is 333 g/mol. The quantitative estimate of drug-likeness (QED) is 0.791. The van der Waals surface area contributed by atoms with Gasteiger partial charge < -0.3 is 15.0 Å². The number of para-hydroxylation sites is 1. The number of nitrogens with one attached hydrogen (secondary N) is 1. The van der Waals surface area contributed by atoms with E-state index in [4.69, 9.17) is 4.74 Å². The molecule has 0 spiro atoms. The van der Waals surface area contributed by atoms with Gasteiger partial charge in [-0.2, -0.15) is 0 Å². The first-order chi connectivity index (χ1) is 10.9. The Labute approximate surface area is 135 Å². The Bertz CT molecular complexity index is 712. The van der Waals surface area contributed by atoms with Crippen LogP contribution in [0.5, 0.6) is 0 Å². The van der Waals surface area contributed by atoms with Crippen molar-refractivity contribution < 1.29 is 4.74 Å². The molecule has 6 nitrogen and oxygen atoms in total. The van der Waals surface area contributed by atoms with Crippen LogP contribution in [0.2, 0.25) is 0 Å². The van der Waals surface area contributed by atoms with Crippen LogP contribution in [0.25, 0.3) is 10.2 Å². The molecule has 2 aromatic heterocycles. The van der Waals surface area contributed by atoms with Gasteiger partial charge in [0.15, 0.2) is 5.13 Å². The van der Waals surface area contributed by atoms with Crippen LogP contribution >= 0.6 is 22.7 Å². The second-order valence-corrected chi connectivity index (χ2v) is 6.87. The molecular formula is C14H15N5OS2. The maximum absolute atomic E-state index is 5.83. The van der Waals surface area contributed by atoms with E-state index in [1.165, 1.54) is 4.70 Å². The van der Waals surface area contributed by atoms with Gasteiger partial charge in [0, 0.05) is 19.6 Å². The van der Waals surface area contributed by atoms with Crippen molar-refractivity contribution in [1.29, 1.82) is 0 Å². The van der Waals surface area contributed by atoms with Crippen molar-refractivity contribution in [3.63, 3.8) is 0 Å². The van der Waals surface area contributed by atoms with Gasteiger partial charge in [0.05, 0.1) is 22.9 Å². The lowest BCUT2D eigenvalue weighted by atomic mass is 10.3. The third kappa shape index (κ3) is 2.90. The molecule has 3 heterocycles. The van der Waals surface area contributed by atoms with Crippen molar-refractivity contribution in [2.24, 2.45) is 0 Å². The topological polar surface area (TPSA) is 63.2 Å². The molecule has 0 bridgehead atoms. The van der Waals surface area contributed by atoms with Gasteiger partial charge in [0.1, 0.15) is 5.51 Å². The molecule has 22 heavy (non-hydrogen) atoms. The molecule has 3 aromatic rings. The number of morpholine rings is 1. The molecule has 1 N–H and O–H groups in total. The first-order valence-electron chi connectivity index (χ1n) is 7.10. The van der Waals surface area contributed by atoms with E-state index in [-0.39, 0.29) is 6.10 Å². The van der Waals surface area contributed by atoms with Crippen LogP contribution in [-0.4, -0.2) is 47.5 Å². The molecule has 0 saturated carbocycles. The van der Waals surface area contributed by atoms with E-state index >= 15 is 0 Å². The van der Waals surface area contributed by atoms with Gasteiger partial charge in [-0.3, -0.25) is 0 Å². The van der Waals surface area contributed by atoms with Gasteiger partial charge in [-0.1, -0.05) is 34.8 Å². The van der Waals surface area contributed by atoms with Crippen molar-refractivity contribution in [3.05, 3.63) is 29.8 Å². The summed E-state index contributed by atoms with van der Waals surface area (Å²) < 4.78 is 7.03. The number of anilines is 2. The Morgan fingerprint density at radius 1 is 1.36 bits per heavy atom. The Morgan fingerprint density at radius 2 is 2.32 bits per heavy atom. The summed E-state index contributed by atoms with van der Waals surface area (Å²) in [5, 5.41) is 13.3. The number of hydrogen-bond donors (Lipinski definition) is 1. The zero-order valence-electron chi connectivity index (χ0n) is 11.8. The molecule has 1 aliphatic rings. The van der Waals surface area contributed by atoms with Gasteiger partial charge in [-0.05, 0) is 12.1 Å². The second kappa shape index (κ2) is 6.15. The van der Waals surface area contributed by atoms with E-state index in [2.05, 4.69) is 31.5 Å². The molecule has 1 aliphatic heterocycles. The summed E-state index contributed by atoms with van der Waals surface area (Å²) in [7, 11) is 0. The van der Waals surface area contributed by atoms with Crippen LogP contribution < -0.4 is 10.2 Å². The summed E-state index contributed by atoms with van der Waals surface area (Å²) in [6.07, 6.45) is 0.129. The predicted octanol–water partition coefficient (Wildman–Crippen LogP) is 2.47. The average Bonchev–Trinajstić information content (AvgIpc) is 3.22. The molecular weight excluding hydrogens is 318 g/mol. The smallest absolute Gasteiger partial charge is 0.208 e. The van der Waals surface area contributed by atoms with Crippen molar-refractivity contribution in [2.45, 2.75) is 6.10 Å². The van der Waals surface area contributed by atoms with E-state index in [0.717, 1.165) is 35.4 Å². The van der Waals surface area contributed by atoms with Gasteiger partial charge in [-0.25, -0.2) is 4.98 Å². The minimum absolute atomic E-state index is 0.129. The highest BCUT2D eigenvalue weighted by atomic mass is 32.1. The Balaban J connectivity index is 1.38. The maximum atomic E-state index is 5.83. The summed E-state index contributed by atoms with van der Waals surface area (Å²) in [5.74, 6) is 0. The Kier molecular flexibility index (Phi) is 3.88. The third-order valence-corrected chi connectivity index (χ3v) is 5.28. The highest BCUT2D eigenvalue weighted by Crippen LogP contribution is 2.25. The van der Waals surface area contributed by atoms with E-state index in [9.17, 15) is 0 Å². The van der Waals surface area contributed by atoms with Crippen LogP contribution in [0.4, 0.5) is 10.3 Å². The fraction of sp³-hybridized carbons (Fsp3) is 0.357. The van der Waals surface area contributed by atoms with Gasteiger partial charge in [0.2, 0.25) is 5.13 Å². The van der Waals surface area contributed by atoms with E-state index in [1.54, 1.807) is 28.2 Å². The zero-order chi connectivity index (χ0) is 14.8. The van der Waals surface area contributed by atoms with Crippen LogP contribution in [0, 0.1) is 0 Å². The number of rotatable bonds is 4. The fourth-order valence-corrected chi connectivity index (χ4v) is 3.94. The lowest BCUT2D eigenvalue weighted by Crippen LogP contribution is -2.45. The lowest BCUT2D eigenvalue weighted by Gasteiger charge is -2.32. The number of nitrogens with zero attached hydrogens (tertiary/aromatic N) is 4. The van der Waals surface area contributed by atoms with Gasteiger partial charge >= 0.3 is 0 Å². The van der Waals surface area contributed by atoms with Crippen LogP contribution in [-0.2, 0) is 4.74 Å². The van der Waals surface area contributed by atoms with E-state index < -0.39 is 0 Å². The molecule has 1 saturated heterocycles.